The van der Waals surface area contributed by atoms with Crippen LogP contribution in [0, 0.1) is 5.92 Å². The molecule has 4 nitrogen and oxygen atoms in total. The zero-order chi connectivity index (χ0) is 11.9. The Labute approximate surface area is 114 Å². The maximum absolute atomic E-state index is 11.6. The van der Waals surface area contributed by atoms with Gasteiger partial charge in [-0.25, -0.2) is 4.79 Å². The van der Waals surface area contributed by atoms with E-state index in [-0.39, 0.29) is 18.4 Å². The van der Waals surface area contributed by atoms with Crippen LogP contribution in [-0.2, 0) is 4.74 Å². The molecule has 0 radical (unpaired) electrons. The molecule has 100 valence electrons. The van der Waals surface area contributed by atoms with Gasteiger partial charge in [-0.05, 0) is 50.4 Å². The van der Waals surface area contributed by atoms with Crippen molar-refractivity contribution in [2.24, 2.45) is 5.92 Å². The van der Waals surface area contributed by atoms with Crippen molar-refractivity contribution in [3.63, 3.8) is 0 Å². The number of esters is 1. The monoisotopic (exact) mass is 270 g/mol. The number of pyridine rings is 1. The van der Waals surface area contributed by atoms with Crippen LogP contribution in [0.1, 0.15) is 29.6 Å². The van der Waals surface area contributed by atoms with E-state index in [1.807, 2.05) is 0 Å². The molecule has 2 heterocycles. The first-order valence-corrected chi connectivity index (χ1v) is 6.14. The molecular weight excluding hydrogens is 252 g/mol. The number of ether oxygens (including phenoxy) is 1. The molecule has 0 saturated carbocycles. The molecule has 1 N–H and O–H groups in total. The molecule has 5 heteroatoms. The molecule has 0 spiro atoms. The van der Waals surface area contributed by atoms with Gasteiger partial charge in [-0.15, -0.1) is 12.4 Å². The van der Waals surface area contributed by atoms with Crippen LogP contribution >= 0.6 is 12.4 Å². The van der Waals surface area contributed by atoms with Gasteiger partial charge in [0.05, 0.1) is 12.2 Å². The smallest absolute Gasteiger partial charge is 0.339 e. The van der Waals surface area contributed by atoms with Gasteiger partial charge in [0, 0.05) is 12.4 Å². The number of piperidine rings is 1. The van der Waals surface area contributed by atoms with E-state index in [0.717, 1.165) is 19.5 Å². The number of halogens is 1. The molecule has 1 aliphatic heterocycles. The van der Waals surface area contributed by atoms with Crippen LogP contribution < -0.4 is 5.32 Å². The highest BCUT2D eigenvalue weighted by Gasteiger charge is 2.14. The van der Waals surface area contributed by atoms with Crippen LogP contribution in [0.15, 0.2) is 24.5 Å². The molecule has 0 unspecified atom stereocenters. The molecular formula is C13H19ClN2O2. The maximum atomic E-state index is 11.6. The van der Waals surface area contributed by atoms with Crippen LogP contribution in [0.5, 0.6) is 0 Å². The Morgan fingerprint density at radius 2 is 2.22 bits per heavy atom. The first-order chi connectivity index (χ1) is 8.36. The minimum absolute atomic E-state index is 0. The number of nitrogens with zero attached hydrogens (tertiary/aromatic N) is 1. The van der Waals surface area contributed by atoms with E-state index >= 15 is 0 Å². The Morgan fingerprint density at radius 3 is 2.89 bits per heavy atom. The van der Waals surface area contributed by atoms with Crippen LogP contribution in [-0.4, -0.2) is 30.6 Å². The van der Waals surface area contributed by atoms with E-state index in [0.29, 0.717) is 18.1 Å². The number of carbonyl (C=O) groups is 1. The second-order valence-corrected chi connectivity index (χ2v) is 4.36. The van der Waals surface area contributed by atoms with E-state index in [4.69, 9.17) is 4.74 Å². The van der Waals surface area contributed by atoms with E-state index < -0.39 is 0 Å². The largest absolute Gasteiger partial charge is 0.462 e. The predicted octanol–water partition coefficient (Wildman–Crippen LogP) is 2.05. The average molecular weight is 271 g/mol. The zero-order valence-electron chi connectivity index (χ0n) is 10.3. The number of hydrogen-bond acceptors (Lipinski definition) is 4. The fraction of sp³-hybridized carbons (Fsp3) is 0.538. The molecule has 0 amide bonds. The summed E-state index contributed by atoms with van der Waals surface area (Å²) in [5, 5.41) is 3.32. The zero-order valence-corrected chi connectivity index (χ0v) is 11.1. The summed E-state index contributed by atoms with van der Waals surface area (Å²) in [5.41, 5.74) is 0.526. The summed E-state index contributed by atoms with van der Waals surface area (Å²) in [4.78, 5) is 15.5. The highest BCUT2D eigenvalue weighted by molar-refractivity contribution is 5.88. The molecule has 1 saturated heterocycles. The Hall–Kier alpha value is -1.13. The van der Waals surface area contributed by atoms with Crippen molar-refractivity contribution in [1.82, 2.24) is 10.3 Å². The topological polar surface area (TPSA) is 51.2 Å². The summed E-state index contributed by atoms with van der Waals surface area (Å²) in [6.45, 7) is 2.68. The molecule has 1 aromatic heterocycles. The van der Waals surface area contributed by atoms with Crippen molar-refractivity contribution in [3.05, 3.63) is 30.1 Å². The molecule has 0 aromatic carbocycles. The van der Waals surface area contributed by atoms with Crippen molar-refractivity contribution in [2.45, 2.75) is 19.3 Å². The average Bonchev–Trinajstić information content (AvgIpc) is 2.41. The first-order valence-electron chi connectivity index (χ1n) is 6.14. The van der Waals surface area contributed by atoms with Gasteiger partial charge in [0.25, 0.3) is 0 Å². The highest BCUT2D eigenvalue weighted by atomic mass is 35.5. The lowest BCUT2D eigenvalue weighted by Gasteiger charge is -2.22. The molecule has 1 fully saturated rings. The number of aromatic nitrogens is 1. The predicted molar refractivity (Wildman–Crippen MR) is 72.0 cm³/mol. The minimum atomic E-state index is -0.271. The van der Waals surface area contributed by atoms with Crippen molar-refractivity contribution < 1.29 is 9.53 Å². The first kappa shape index (κ1) is 14.9. The van der Waals surface area contributed by atoms with Gasteiger partial charge in [-0.1, -0.05) is 0 Å². The Morgan fingerprint density at radius 1 is 1.44 bits per heavy atom. The third kappa shape index (κ3) is 4.63. The highest BCUT2D eigenvalue weighted by Crippen LogP contribution is 2.15. The minimum Gasteiger partial charge on any atom is -0.462 e. The van der Waals surface area contributed by atoms with Gasteiger partial charge in [0.2, 0.25) is 0 Å². The van der Waals surface area contributed by atoms with E-state index in [1.54, 1.807) is 18.3 Å². The maximum Gasteiger partial charge on any atom is 0.339 e. The summed E-state index contributed by atoms with van der Waals surface area (Å²) >= 11 is 0. The lowest BCUT2D eigenvalue weighted by Crippen LogP contribution is -2.28. The third-order valence-electron chi connectivity index (χ3n) is 3.12. The normalized spacial score (nSPS) is 15.8. The van der Waals surface area contributed by atoms with Crippen LogP contribution in [0.4, 0.5) is 0 Å². The second-order valence-electron chi connectivity index (χ2n) is 4.36. The van der Waals surface area contributed by atoms with Crippen LogP contribution in [0.3, 0.4) is 0 Å². The van der Waals surface area contributed by atoms with Gasteiger partial charge in [0.1, 0.15) is 0 Å². The van der Waals surface area contributed by atoms with Gasteiger partial charge in [-0.3, -0.25) is 4.98 Å². The molecule has 1 aliphatic rings. The Balaban J connectivity index is 0.00000162. The van der Waals surface area contributed by atoms with Gasteiger partial charge in [-0.2, -0.15) is 0 Å². The molecule has 2 rings (SSSR count). The SMILES string of the molecule is Cl.O=C(OCCC1CCNCC1)c1cccnc1. The standard InChI is InChI=1S/C13H18N2O2.ClH/c16-13(12-2-1-6-15-10-12)17-9-5-11-3-7-14-8-4-11;/h1-2,6,10-11,14H,3-5,7-9H2;1H. The quantitative estimate of drug-likeness (QED) is 0.851. The van der Waals surface area contributed by atoms with E-state index in [2.05, 4.69) is 10.3 Å². The summed E-state index contributed by atoms with van der Waals surface area (Å²) < 4.78 is 5.23. The fourth-order valence-corrected chi connectivity index (χ4v) is 2.06. The Bertz CT molecular complexity index is 353. The van der Waals surface area contributed by atoms with Crippen LogP contribution in [0.2, 0.25) is 0 Å². The summed E-state index contributed by atoms with van der Waals surface area (Å²) in [5.74, 6) is 0.421. The molecule has 0 bridgehead atoms. The van der Waals surface area contributed by atoms with E-state index in [1.165, 1.54) is 19.0 Å². The van der Waals surface area contributed by atoms with Crippen molar-refractivity contribution in [3.8, 4) is 0 Å². The molecule has 0 aliphatic carbocycles. The number of rotatable bonds is 4. The molecule has 18 heavy (non-hydrogen) atoms. The number of hydrogen-bond donors (Lipinski definition) is 1. The second kappa shape index (κ2) is 8.06. The number of nitrogens with one attached hydrogen (secondary N) is 1. The van der Waals surface area contributed by atoms with Crippen molar-refractivity contribution in [1.29, 1.82) is 0 Å². The molecule has 1 aromatic rings. The number of carbonyl (C=O) groups excluding carboxylic acids is 1. The lowest BCUT2D eigenvalue weighted by molar-refractivity contribution is 0.0476. The summed E-state index contributed by atoms with van der Waals surface area (Å²) in [7, 11) is 0. The van der Waals surface area contributed by atoms with Crippen molar-refractivity contribution in [2.75, 3.05) is 19.7 Å². The van der Waals surface area contributed by atoms with Gasteiger partial charge >= 0.3 is 5.97 Å². The third-order valence-corrected chi connectivity index (χ3v) is 3.12. The van der Waals surface area contributed by atoms with Gasteiger partial charge in [0.15, 0.2) is 0 Å². The molecule has 0 atom stereocenters. The van der Waals surface area contributed by atoms with Gasteiger partial charge < -0.3 is 10.1 Å². The Kier molecular flexibility index (Phi) is 6.68. The van der Waals surface area contributed by atoms with E-state index in [9.17, 15) is 4.79 Å². The lowest BCUT2D eigenvalue weighted by atomic mass is 9.95. The summed E-state index contributed by atoms with van der Waals surface area (Å²) in [6, 6.07) is 3.46. The summed E-state index contributed by atoms with van der Waals surface area (Å²) in [6.07, 6.45) is 6.52. The van der Waals surface area contributed by atoms with Crippen molar-refractivity contribution >= 4 is 18.4 Å². The van der Waals surface area contributed by atoms with Crippen LogP contribution in [0.25, 0.3) is 0 Å². The fourth-order valence-electron chi connectivity index (χ4n) is 2.06.